The maximum atomic E-state index is 12.4. The van der Waals surface area contributed by atoms with Crippen molar-refractivity contribution in [1.29, 1.82) is 0 Å². The summed E-state index contributed by atoms with van der Waals surface area (Å²) in [6.45, 7) is 4.48. The first-order valence-corrected chi connectivity index (χ1v) is 8.38. The van der Waals surface area contributed by atoms with E-state index in [0.717, 1.165) is 12.8 Å². The second-order valence-corrected chi connectivity index (χ2v) is 6.68. The minimum absolute atomic E-state index is 0.0127. The number of anilines is 1. The maximum absolute atomic E-state index is 12.4. The molecule has 1 aromatic rings. The van der Waals surface area contributed by atoms with Crippen molar-refractivity contribution in [2.75, 3.05) is 18.1 Å². The number of nitrogens with zero attached hydrogens (tertiary/aromatic N) is 1. The first kappa shape index (κ1) is 15.8. The number of fused-ring (bicyclic) bond motifs is 1. The molecule has 1 aliphatic carbocycles. The van der Waals surface area contributed by atoms with Crippen LogP contribution in [0.4, 0.5) is 5.69 Å². The van der Waals surface area contributed by atoms with Gasteiger partial charge in [-0.2, -0.15) is 0 Å². The standard InChI is InChI=1S/C18H24N2O3/c1-12-6-5-7-14(13(12)2)19-17(21)10-20-15-8-3-4-9-16(15)23-11-18(20)22/h3-4,8-9,12-14H,5-7,10-11H2,1-2H3,(H,19,21)/t12-,13-,14-/m1/s1. The summed E-state index contributed by atoms with van der Waals surface area (Å²) in [7, 11) is 0. The topological polar surface area (TPSA) is 58.6 Å². The van der Waals surface area contributed by atoms with Gasteiger partial charge >= 0.3 is 0 Å². The number of amides is 2. The van der Waals surface area contributed by atoms with Gasteiger partial charge < -0.3 is 10.1 Å². The van der Waals surface area contributed by atoms with E-state index in [1.54, 1.807) is 0 Å². The van der Waals surface area contributed by atoms with Crippen LogP contribution in [0.3, 0.4) is 0 Å². The monoisotopic (exact) mass is 316 g/mol. The molecule has 1 aliphatic heterocycles. The van der Waals surface area contributed by atoms with Crippen molar-refractivity contribution >= 4 is 17.5 Å². The Hall–Kier alpha value is -2.04. The van der Waals surface area contributed by atoms with Crippen molar-refractivity contribution in [3.8, 4) is 5.75 Å². The number of hydrogen-bond donors (Lipinski definition) is 1. The van der Waals surface area contributed by atoms with E-state index in [1.165, 1.54) is 11.3 Å². The highest BCUT2D eigenvalue weighted by Crippen LogP contribution is 2.32. The zero-order valence-corrected chi connectivity index (χ0v) is 13.7. The zero-order chi connectivity index (χ0) is 16.4. The average Bonchev–Trinajstić information content (AvgIpc) is 2.54. The number of carbonyl (C=O) groups excluding carboxylic acids is 2. The molecule has 0 radical (unpaired) electrons. The van der Waals surface area contributed by atoms with E-state index in [9.17, 15) is 9.59 Å². The molecule has 124 valence electrons. The first-order chi connectivity index (χ1) is 11.1. The maximum Gasteiger partial charge on any atom is 0.265 e. The molecule has 3 atom stereocenters. The molecule has 1 saturated carbocycles. The number of hydrogen-bond acceptors (Lipinski definition) is 3. The first-order valence-electron chi connectivity index (χ1n) is 8.38. The molecule has 1 heterocycles. The van der Waals surface area contributed by atoms with Gasteiger partial charge in [0.2, 0.25) is 5.91 Å². The van der Waals surface area contributed by atoms with Gasteiger partial charge in [-0.05, 0) is 30.4 Å². The van der Waals surface area contributed by atoms with Crippen LogP contribution in [0, 0.1) is 11.8 Å². The van der Waals surface area contributed by atoms with Crippen LogP contribution in [0.2, 0.25) is 0 Å². The van der Waals surface area contributed by atoms with Crippen molar-refractivity contribution in [2.24, 2.45) is 11.8 Å². The Bertz CT molecular complexity index is 602. The van der Waals surface area contributed by atoms with Gasteiger partial charge in [0.1, 0.15) is 12.3 Å². The summed E-state index contributed by atoms with van der Waals surface area (Å²) in [5.41, 5.74) is 0.670. The van der Waals surface area contributed by atoms with Crippen LogP contribution in [0.5, 0.6) is 5.75 Å². The van der Waals surface area contributed by atoms with Crippen LogP contribution in [0.1, 0.15) is 33.1 Å². The molecule has 0 unspecified atom stereocenters. The van der Waals surface area contributed by atoms with Gasteiger partial charge in [0.05, 0.1) is 5.69 Å². The molecule has 23 heavy (non-hydrogen) atoms. The third-order valence-corrected chi connectivity index (χ3v) is 5.16. The van der Waals surface area contributed by atoms with E-state index in [-0.39, 0.29) is 31.0 Å². The van der Waals surface area contributed by atoms with E-state index in [2.05, 4.69) is 19.2 Å². The molecule has 0 spiro atoms. The molecule has 0 saturated heterocycles. The predicted molar refractivity (Wildman–Crippen MR) is 88.4 cm³/mol. The van der Waals surface area contributed by atoms with Crippen LogP contribution >= 0.6 is 0 Å². The van der Waals surface area contributed by atoms with Crippen molar-refractivity contribution in [2.45, 2.75) is 39.2 Å². The van der Waals surface area contributed by atoms with E-state index in [0.29, 0.717) is 23.3 Å². The summed E-state index contributed by atoms with van der Waals surface area (Å²) in [6, 6.07) is 7.54. The summed E-state index contributed by atoms with van der Waals surface area (Å²) in [4.78, 5) is 26.1. The van der Waals surface area contributed by atoms with Gasteiger partial charge in [0.25, 0.3) is 5.91 Å². The largest absolute Gasteiger partial charge is 0.482 e. The second-order valence-electron chi connectivity index (χ2n) is 6.68. The summed E-state index contributed by atoms with van der Waals surface area (Å²) >= 11 is 0. The van der Waals surface area contributed by atoms with Crippen molar-refractivity contribution in [3.63, 3.8) is 0 Å². The minimum Gasteiger partial charge on any atom is -0.482 e. The van der Waals surface area contributed by atoms with Crippen molar-refractivity contribution in [3.05, 3.63) is 24.3 Å². The fourth-order valence-corrected chi connectivity index (χ4v) is 3.51. The number of ether oxygens (including phenoxy) is 1. The number of para-hydroxylation sites is 2. The lowest BCUT2D eigenvalue weighted by Gasteiger charge is -2.35. The summed E-state index contributed by atoms with van der Waals surface area (Å²) in [5.74, 6) is 1.48. The molecule has 1 fully saturated rings. The molecular weight excluding hydrogens is 292 g/mol. The molecular formula is C18H24N2O3. The zero-order valence-electron chi connectivity index (χ0n) is 13.7. The van der Waals surface area contributed by atoms with E-state index >= 15 is 0 Å². The lowest BCUT2D eigenvalue weighted by Crippen LogP contribution is -2.50. The van der Waals surface area contributed by atoms with Gasteiger partial charge in [-0.3, -0.25) is 14.5 Å². The number of carbonyl (C=O) groups is 2. The van der Waals surface area contributed by atoms with Crippen molar-refractivity contribution in [1.82, 2.24) is 5.32 Å². The number of benzene rings is 1. The molecule has 0 bridgehead atoms. The van der Waals surface area contributed by atoms with E-state index < -0.39 is 0 Å². The predicted octanol–water partition coefficient (Wildman–Crippen LogP) is 2.35. The SMILES string of the molecule is C[C@@H]1[C@H](C)CCC[C@H]1NC(=O)CN1C(=O)COc2ccccc21. The minimum atomic E-state index is -0.177. The van der Waals surface area contributed by atoms with E-state index in [1.807, 2.05) is 24.3 Å². The van der Waals surface area contributed by atoms with Crippen LogP contribution in [0.25, 0.3) is 0 Å². The Balaban J connectivity index is 1.67. The third-order valence-electron chi connectivity index (χ3n) is 5.16. The average molecular weight is 316 g/mol. The Labute approximate surface area is 137 Å². The second kappa shape index (κ2) is 6.60. The molecule has 1 aromatic carbocycles. The van der Waals surface area contributed by atoms with E-state index in [4.69, 9.17) is 4.74 Å². The van der Waals surface area contributed by atoms with Gasteiger partial charge in [0, 0.05) is 6.04 Å². The highest BCUT2D eigenvalue weighted by molar-refractivity contribution is 6.02. The third kappa shape index (κ3) is 3.33. The lowest BCUT2D eigenvalue weighted by atomic mass is 9.78. The normalized spacial score (nSPS) is 27.1. The molecule has 5 heteroatoms. The Morgan fingerprint density at radius 2 is 2.09 bits per heavy atom. The van der Waals surface area contributed by atoms with Crippen LogP contribution in [-0.2, 0) is 9.59 Å². The van der Waals surface area contributed by atoms with Crippen LogP contribution < -0.4 is 15.0 Å². The molecule has 0 aromatic heterocycles. The molecule has 5 nitrogen and oxygen atoms in total. The summed E-state index contributed by atoms with van der Waals surface area (Å²) in [5, 5.41) is 3.12. The molecule has 1 N–H and O–H groups in total. The fourth-order valence-electron chi connectivity index (χ4n) is 3.51. The smallest absolute Gasteiger partial charge is 0.265 e. The summed E-state index contributed by atoms with van der Waals surface area (Å²) in [6.07, 6.45) is 3.39. The Kier molecular flexibility index (Phi) is 4.55. The molecule has 3 rings (SSSR count). The highest BCUT2D eigenvalue weighted by atomic mass is 16.5. The highest BCUT2D eigenvalue weighted by Gasteiger charge is 2.31. The van der Waals surface area contributed by atoms with Gasteiger partial charge in [-0.25, -0.2) is 0 Å². The quantitative estimate of drug-likeness (QED) is 0.931. The lowest BCUT2D eigenvalue weighted by molar-refractivity contribution is -0.126. The fraction of sp³-hybridized carbons (Fsp3) is 0.556. The number of nitrogens with one attached hydrogen (secondary N) is 1. The van der Waals surface area contributed by atoms with Crippen LogP contribution in [-0.4, -0.2) is 31.0 Å². The summed E-state index contributed by atoms with van der Waals surface area (Å²) < 4.78 is 5.41. The van der Waals surface area contributed by atoms with Gasteiger partial charge in [-0.15, -0.1) is 0 Å². The van der Waals surface area contributed by atoms with Crippen LogP contribution in [0.15, 0.2) is 24.3 Å². The Morgan fingerprint density at radius 1 is 1.30 bits per heavy atom. The van der Waals surface area contributed by atoms with Crippen molar-refractivity contribution < 1.29 is 14.3 Å². The van der Waals surface area contributed by atoms with Gasteiger partial charge in [-0.1, -0.05) is 38.8 Å². The molecule has 2 aliphatic rings. The number of rotatable bonds is 3. The molecule has 2 amide bonds. The Morgan fingerprint density at radius 3 is 2.91 bits per heavy atom. The van der Waals surface area contributed by atoms with Gasteiger partial charge in [0.15, 0.2) is 6.61 Å².